The predicted octanol–water partition coefficient (Wildman–Crippen LogP) is 4.64. The van der Waals surface area contributed by atoms with E-state index in [2.05, 4.69) is 56.1 Å². The third kappa shape index (κ3) is 7.26. The topological polar surface area (TPSA) is 92.7 Å². The van der Waals surface area contributed by atoms with Gasteiger partial charge in [-0.15, -0.1) is 0 Å². The van der Waals surface area contributed by atoms with Gasteiger partial charge >= 0.3 is 0 Å². The van der Waals surface area contributed by atoms with Gasteiger partial charge in [0.2, 0.25) is 5.95 Å². The number of benzene rings is 1. The highest BCUT2D eigenvalue weighted by atomic mass is 16.2. The molecule has 3 aromatic rings. The number of aliphatic imine (C=N–C) groups is 1. The third-order valence-electron chi connectivity index (χ3n) is 6.65. The number of anilines is 2. The van der Waals surface area contributed by atoms with Crippen LogP contribution in [0.4, 0.5) is 11.6 Å². The second-order valence-corrected chi connectivity index (χ2v) is 9.90. The summed E-state index contributed by atoms with van der Waals surface area (Å²) in [4.78, 5) is 36.8. The molecule has 0 saturated carbocycles. The van der Waals surface area contributed by atoms with Crippen molar-refractivity contribution in [3.05, 3.63) is 54.0 Å². The van der Waals surface area contributed by atoms with Crippen molar-refractivity contribution in [3.63, 3.8) is 0 Å². The zero-order valence-corrected chi connectivity index (χ0v) is 23.1. The number of rotatable bonds is 10. The van der Waals surface area contributed by atoms with Crippen molar-refractivity contribution in [1.29, 1.82) is 0 Å². The van der Waals surface area contributed by atoms with E-state index in [9.17, 15) is 4.79 Å². The zero-order chi connectivity index (χ0) is 26.9. The van der Waals surface area contributed by atoms with Gasteiger partial charge in [0.25, 0.3) is 5.91 Å². The summed E-state index contributed by atoms with van der Waals surface area (Å²) in [5.41, 5.74) is 4.01. The van der Waals surface area contributed by atoms with Gasteiger partial charge in [0.05, 0.1) is 11.4 Å². The Morgan fingerprint density at radius 1 is 1.18 bits per heavy atom. The highest BCUT2D eigenvalue weighted by molar-refractivity contribution is 5.98. The van der Waals surface area contributed by atoms with Crippen LogP contribution in [-0.4, -0.2) is 95.1 Å². The summed E-state index contributed by atoms with van der Waals surface area (Å²) in [6.45, 7) is 9.65. The second-order valence-electron chi connectivity index (χ2n) is 9.90. The first kappa shape index (κ1) is 27.5. The molecule has 0 spiro atoms. The first-order valence-electron chi connectivity index (χ1n) is 13.5. The molecule has 1 saturated heterocycles. The number of amides is 1. The zero-order valence-electron chi connectivity index (χ0n) is 23.1. The number of hydrogen-bond acceptors (Lipinski definition) is 7. The van der Waals surface area contributed by atoms with Crippen LogP contribution in [0.2, 0.25) is 0 Å². The average Bonchev–Trinajstić information content (AvgIpc) is 3.19. The Balaban J connectivity index is 1.42. The summed E-state index contributed by atoms with van der Waals surface area (Å²) in [5, 5.41) is 4.26. The Morgan fingerprint density at radius 3 is 2.84 bits per heavy atom. The number of aromatic amines is 1. The Kier molecular flexibility index (Phi) is 9.62. The van der Waals surface area contributed by atoms with Crippen molar-refractivity contribution >= 4 is 40.4 Å². The third-order valence-corrected chi connectivity index (χ3v) is 6.65. The molecule has 2 N–H and O–H groups in total. The summed E-state index contributed by atoms with van der Waals surface area (Å²) in [6.07, 6.45) is 8.57. The second kappa shape index (κ2) is 13.3. The number of nitrogens with one attached hydrogen (secondary N) is 2. The largest absolute Gasteiger partial charge is 0.351 e. The number of nitrogens with zero attached hydrogens (tertiary/aromatic N) is 6. The Morgan fingerprint density at radius 2 is 2.05 bits per heavy atom. The fourth-order valence-corrected chi connectivity index (χ4v) is 4.75. The van der Waals surface area contributed by atoms with Gasteiger partial charge in [-0.05, 0) is 90.2 Å². The van der Waals surface area contributed by atoms with Gasteiger partial charge in [-0.2, -0.15) is 0 Å². The molecule has 0 radical (unpaired) electrons. The number of aromatic nitrogens is 3. The van der Waals surface area contributed by atoms with E-state index in [1.165, 1.54) is 0 Å². The quantitative estimate of drug-likeness (QED) is 0.381. The van der Waals surface area contributed by atoms with Crippen molar-refractivity contribution < 1.29 is 4.79 Å². The lowest BCUT2D eigenvalue weighted by atomic mass is 10.2. The van der Waals surface area contributed by atoms with Crippen LogP contribution in [0.1, 0.15) is 49.3 Å². The van der Waals surface area contributed by atoms with Crippen molar-refractivity contribution in [2.75, 3.05) is 58.7 Å². The van der Waals surface area contributed by atoms with E-state index >= 15 is 0 Å². The minimum Gasteiger partial charge on any atom is -0.351 e. The van der Waals surface area contributed by atoms with E-state index in [4.69, 9.17) is 0 Å². The molecular formula is C29H40N8O. The predicted molar refractivity (Wildman–Crippen MR) is 156 cm³/mol. The molecule has 9 nitrogen and oxygen atoms in total. The standard InChI is InChI=1S/C29H40N8O/c1-5-9-25(30-6-2)26-12-13-31-29(34-26)32-23-10-11-24-22(20-23)21-27(33-24)28(38)37-17-8-16-36(18-19-37)15-7-14-35(3)4/h6,9-13,20-21,33H,5,7-8,14-19H2,1-4H3,(H,31,32,34)/b25-9-,30-6?. The summed E-state index contributed by atoms with van der Waals surface area (Å²) >= 11 is 0. The smallest absolute Gasteiger partial charge is 0.270 e. The normalized spacial score (nSPS) is 15.5. The lowest BCUT2D eigenvalue weighted by Crippen LogP contribution is -2.36. The van der Waals surface area contributed by atoms with E-state index in [0.717, 1.165) is 86.5 Å². The van der Waals surface area contributed by atoms with Crippen LogP contribution in [0.25, 0.3) is 16.6 Å². The number of carbonyl (C=O) groups excluding carboxylic acids is 1. The molecule has 0 atom stereocenters. The van der Waals surface area contributed by atoms with Crippen LogP contribution in [0.15, 0.2) is 47.6 Å². The SMILES string of the molecule is CC=N/C(=C\CC)c1ccnc(Nc2ccc3[nH]c(C(=O)N4CCCN(CCCN(C)C)CC4)cc3c2)n1. The molecule has 4 rings (SSSR count). The monoisotopic (exact) mass is 516 g/mol. The Labute approximate surface area is 225 Å². The van der Waals surface area contributed by atoms with Gasteiger partial charge in [0.1, 0.15) is 5.69 Å². The highest BCUT2D eigenvalue weighted by Gasteiger charge is 2.21. The summed E-state index contributed by atoms with van der Waals surface area (Å²) < 4.78 is 0. The van der Waals surface area contributed by atoms with Crippen LogP contribution in [0.5, 0.6) is 0 Å². The maximum absolute atomic E-state index is 13.3. The van der Waals surface area contributed by atoms with E-state index in [1.54, 1.807) is 12.4 Å². The van der Waals surface area contributed by atoms with E-state index in [1.807, 2.05) is 48.2 Å². The summed E-state index contributed by atoms with van der Waals surface area (Å²) in [5.74, 6) is 0.565. The lowest BCUT2D eigenvalue weighted by molar-refractivity contribution is 0.0756. The van der Waals surface area contributed by atoms with Gasteiger partial charge in [0.15, 0.2) is 0 Å². The van der Waals surface area contributed by atoms with Crippen molar-refractivity contribution in [3.8, 4) is 0 Å². The van der Waals surface area contributed by atoms with Crippen molar-refractivity contribution in [2.24, 2.45) is 4.99 Å². The lowest BCUT2D eigenvalue weighted by Gasteiger charge is -2.22. The van der Waals surface area contributed by atoms with E-state index in [0.29, 0.717) is 11.6 Å². The van der Waals surface area contributed by atoms with Crippen molar-refractivity contribution in [1.82, 2.24) is 29.7 Å². The molecule has 0 bridgehead atoms. The number of carbonyl (C=O) groups is 1. The van der Waals surface area contributed by atoms with Gasteiger partial charge in [-0.25, -0.2) is 9.97 Å². The van der Waals surface area contributed by atoms with Crippen LogP contribution < -0.4 is 5.32 Å². The van der Waals surface area contributed by atoms with E-state index in [-0.39, 0.29) is 5.91 Å². The van der Waals surface area contributed by atoms with Gasteiger partial charge in [-0.1, -0.05) is 13.0 Å². The number of fused-ring (bicyclic) bond motifs is 1. The molecule has 1 aliphatic heterocycles. The Bertz CT molecular complexity index is 1280. The average molecular weight is 517 g/mol. The highest BCUT2D eigenvalue weighted by Crippen LogP contribution is 2.24. The van der Waals surface area contributed by atoms with Crippen LogP contribution in [0, 0.1) is 0 Å². The first-order valence-corrected chi connectivity index (χ1v) is 13.5. The maximum atomic E-state index is 13.3. The summed E-state index contributed by atoms with van der Waals surface area (Å²) in [6, 6.07) is 9.77. The number of hydrogen-bond donors (Lipinski definition) is 2. The minimum absolute atomic E-state index is 0.0635. The molecule has 3 heterocycles. The minimum atomic E-state index is 0.0635. The molecule has 9 heteroatoms. The summed E-state index contributed by atoms with van der Waals surface area (Å²) in [7, 11) is 4.22. The number of allylic oxidation sites excluding steroid dienone is 1. The fraction of sp³-hybridized carbons (Fsp3) is 0.448. The molecule has 0 unspecified atom stereocenters. The molecule has 2 aromatic heterocycles. The van der Waals surface area contributed by atoms with Gasteiger partial charge < -0.3 is 25.0 Å². The molecule has 38 heavy (non-hydrogen) atoms. The molecule has 1 aromatic carbocycles. The van der Waals surface area contributed by atoms with Gasteiger partial charge in [-0.3, -0.25) is 9.79 Å². The molecular weight excluding hydrogens is 476 g/mol. The van der Waals surface area contributed by atoms with Crippen LogP contribution >= 0.6 is 0 Å². The maximum Gasteiger partial charge on any atom is 0.270 e. The first-order chi connectivity index (χ1) is 18.5. The molecule has 1 amide bonds. The molecule has 202 valence electrons. The van der Waals surface area contributed by atoms with E-state index < -0.39 is 0 Å². The molecule has 0 aliphatic carbocycles. The molecule has 1 aliphatic rings. The molecule has 1 fully saturated rings. The van der Waals surface area contributed by atoms with Crippen LogP contribution in [-0.2, 0) is 0 Å². The van der Waals surface area contributed by atoms with Crippen LogP contribution in [0.3, 0.4) is 0 Å². The van der Waals surface area contributed by atoms with Crippen molar-refractivity contribution in [2.45, 2.75) is 33.1 Å². The fourth-order valence-electron chi connectivity index (χ4n) is 4.75. The Hall–Kier alpha value is -3.56. The number of H-pyrrole nitrogens is 1. The van der Waals surface area contributed by atoms with Gasteiger partial charge in [0, 0.05) is 48.6 Å².